The number of hydrogen-bond acceptors (Lipinski definition) is 3. The van der Waals surface area contributed by atoms with Crippen LogP contribution in [-0.2, 0) is 0 Å². The van der Waals surface area contributed by atoms with Crippen molar-refractivity contribution in [2.75, 3.05) is 0 Å². The lowest BCUT2D eigenvalue weighted by Gasteiger charge is -2.03. The number of benzene rings is 4. The van der Waals surface area contributed by atoms with Crippen molar-refractivity contribution in [3.8, 4) is 22.6 Å². The molecule has 0 aliphatic heterocycles. The molecule has 0 aliphatic rings. The Morgan fingerprint density at radius 3 is 1.00 bits per heavy atom. The molecule has 27 heavy (non-hydrogen) atoms. The van der Waals surface area contributed by atoms with Crippen LogP contribution in [0.1, 0.15) is 0 Å². The van der Waals surface area contributed by atoms with Gasteiger partial charge in [-0.1, -0.05) is 97.1 Å². The summed E-state index contributed by atoms with van der Waals surface area (Å²) in [6, 6.07) is 39.8. The third-order valence-corrected chi connectivity index (χ3v) is 4.15. The van der Waals surface area contributed by atoms with E-state index in [1.807, 2.05) is 72.8 Å². The molecule has 0 radical (unpaired) electrons. The summed E-state index contributed by atoms with van der Waals surface area (Å²) >= 11 is 0.959. The first kappa shape index (κ1) is 18.6. The van der Waals surface area contributed by atoms with Gasteiger partial charge in [-0.2, -0.15) is 0 Å². The van der Waals surface area contributed by atoms with E-state index in [-0.39, 0.29) is 0 Å². The van der Waals surface area contributed by atoms with Gasteiger partial charge in [-0.3, -0.25) is 0 Å². The number of para-hydroxylation sites is 2. The van der Waals surface area contributed by atoms with Gasteiger partial charge >= 0.3 is 0 Å². The highest BCUT2D eigenvalue weighted by atomic mass is 32.2. The van der Waals surface area contributed by atoms with Gasteiger partial charge in [-0.15, -0.1) is 0 Å². The average molecular weight is 372 g/mol. The van der Waals surface area contributed by atoms with E-state index < -0.39 is 0 Å². The van der Waals surface area contributed by atoms with Crippen molar-refractivity contribution in [2.45, 2.75) is 0 Å². The topological polar surface area (TPSA) is 18.5 Å². The van der Waals surface area contributed by atoms with E-state index in [0.29, 0.717) is 0 Å². The summed E-state index contributed by atoms with van der Waals surface area (Å²) in [5.74, 6) is 1.55. The second kappa shape index (κ2) is 10.7. The van der Waals surface area contributed by atoms with Crippen molar-refractivity contribution in [3.63, 3.8) is 0 Å². The highest BCUT2D eigenvalue weighted by molar-refractivity contribution is 7.90. The molecule has 0 aliphatic carbocycles. The molecule has 3 heteroatoms. The lowest BCUT2D eigenvalue weighted by molar-refractivity contribution is 0.540. The largest absolute Gasteiger partial charge is 0.391 e. The molecular weight excluding hydrogens is 352 g/mol. The molecule has 0 heterocycles. The van der Waals surface area contributed by atoms with Gasteiger partial charge in [0.2, 0.25) is 0 Å². The maximum atomic E-state index is 5.30. The molecule has 0 bridgehead atoms. The molecule has 0 aromatic heterocycles. The molecule has 2 nitrogen and oxygen atoms in total. The van der Waals surface area contributed by atoms with Crippen LogP contribution in [0.15, 0.2) is 121 Å². The maximum Gasteiger partial charge on any atom is 0.293 e. The van der Waals surface area contributed by atoms with Crippen molar-refractivity contribution in [1.29, 1.82) is 0 Å². The van der Waals surface area contributed by atoms with Gasteiger partial charge in [0.15, 0.2) is 0 Å². The first-order valence-corrected chi connectivity index (χ1v) is 9.30. The molecule has 0 saturated heterocycles. The fourth-order valence-electron chi connectivity index (χ4n) is 2.31. The summed E-state index contributed by atoms with van der Waals surface area (Å²) in [5.41, 5.74) is 2.55. The molecule has 0 spiro atoms. The van der Waals surface area contributed by atoms with E-state index in [4.69, 9.17) is 8.37 Å². The molecule has 0 atom stereocenters. The van der Waals surface area contributed by atoms with E-state index in [2.05, 4.69) is 48.5 Å². The second-order valence-electron chi connectivity index (χ2n) is 5.59. The Labute approximate surface area is 164 Å². The molecule has 0 N–H and O–H groups in total. The van der Waals surface area contributed by atoms with Crippen LogP contribution >= 0.6 is 12.3 Å². The zero-order valence-corrected chi connectivity index (χ0v) is 15.6. The summed E-state index contributed by atoms with van der Waals surface area (Å²) in [6.07, 6.45) is 0. The maximum absolute atomic E-state index is 5.30. The predicted octanol–water partition coefficient (Wildman–Crippen LogP) is 7.06. The van der Waals surface area contributed by atoms with Crippen LogP contribution in [0.25, 0.3) is 11.1 Å². The quantitative estimate of drug-likeness (QED) is 0.349. The third kappa shape index (κ3) is 6.57. The molecule has 134 valence electrons. The third-order valence-electron chi connectivity index (χ3n) is 3.63. The Morgan fingerprint density at radius 2 is 0.667 bits per heavy atom. The van der Waals surface area contributed by atoms with Gasteiger partial charge in [-0.05, 0) is 35.4 Å². The summed E-state index contributed by atoms with van der Waals surface area (Å²) in [4.78, 5) is 0. The fraction of sp³-hybridized carbons (Fsp3) is 0. The first-order chi connectivity index (χ1) is 13.4. The summed E-state index contributed by atoms with van der Waals surface area (Å²) in [6.45, 7) is 0. The highest BCUT2D eigenvalue weighted by Crippen LogP contribution is 2.20. The monoisotopic (exact) mass is 372 g/mol. The minimum Gasteiger partial charge on any atom is -0.391 e. The van der Waals surface area contributed by atoms with Gasteiger partial charge in [0.1, 0.15) is 11.5 Å². The Kier molecular flexibility index (Phi) is 7.40. The standard InChI is InChI=1S/C12H10O2S.C12H10/c1-3-7-11(8-4-1)13-15-14-12-9-5-2-6-10-12;1-3-7-11(8-4-1)12-9-5-2-6-10-12/h1-10H;1-10H. The normalized spacial score (nSPS) is 9.63. The van der Waals surface area contributed by atoms with Gasteiger partial charge in [0, 0.05) is 0 Å². The summed E-state index contributed by atoms with van der Waals surface area (Å²) in [5, 5.41) is 0. The zero-order chi connectivity index (χ0) is 18.6. The van der Waals surface area contributed by atoms with Gasteiger partial charge < -0.3 is 8.37 Å². The minimum atomic E-state index is 0.776. The fourth-order valence-corrected chi connectivity index (χ4v) is 2.72. The molecular formula is C24H20O2S. The Hall–Kier alpha value is -3.17. The molecule has 4 aromatic carbocycles. The van der Waals surface area contributed by atoms with Crippen LogP contribution in [0.5, 0.6) is 11.5 Å². The first-order valence-electron chi connectivity index (χ1n) is 8.63. The highest BCUT2D eigenvalue weighted by Gasteiger charge is 1.96. The van der Waals surface area contributed by atoms with Crippen LogP contribution < -0.4 is 8.37 Å². The SMILES string of the molecule is c1ccc(-c2ccccc2)cc1.c1ccc(OSOc2ccccc2)cc1. The molecule has 0 fully saturated rings. The van der Waals surface area contributed by atoms with Crippen molar-refractivity contribution < 1.29 is 8.37 Å². The predicted molar refractivity (Wildman–Crippen MR) is 114 cm³/mol. The van der Waals surface area contributed by atoms with Crippen LogP contribution in [0.4, 0.5) is 0 Å². The summed E-state index contributed by atoms with van der Waals surface area (Å²) < 4.78 is 10.6. The lowest BCUT2D eigenvalue weighted by atomic mass is 10.1. The Morgan fingerprint density at radius 1 is 0.370 bits per heavy atom. The average Bonchev–Trinajstić information content (AvgIpc) is 2.77. The van der Waals surface area contributed by atoms with Gasteiger partial charge in [0.05, 0.1) is 0 Å². The van der Waals surface area contributed by atoms with Crippen LogP contribution in [-0.4, -0.2) is 0 Å². The van der Waals surface area contributed by atoms with Crippen molar-refractivity contribution in [1.82, 2.24) is 0 Å². The van der Waals surface area contributed by atoms with Gasteiger partial charge in [0.25, 0.3) is 12.3 Å². The molecule has 4 aromatic rings. The van der Waals surface area contributed by atoms with E-state index in [9.17, 15) is 0 Å². The van der Waals surface area contributed by atoms with E-state index in [0.717, 1.165) is 23.8 Å². The lowest BCUT2D eigenvalue weighted by Crippen LogP contribution is -1.86. The second-order valence-corrected chi connectivity index (χ2v) is 6.06. The van der Waals surface area contributed by atoms with Crippen molar-refractivity contribution >= 4 is 12.3 Å². The van der Waals surface area contributed by atoms with E-state index in [1.54, 1.807) is 0 Å². The van der Waals surface area contributed by atoms with Crippen LogP contribution in [0.2, 0.25) is 0 Å². The smallest absolute Gasteiger partial charge is 0.293 e. The summed E-state index contributed by atoms with van der Waals surface area (Å²) in [7, 11) is 0. The zero-order valence-electron chi connectivity index (χ0n) is 14.8. The number of hydrogen-bond donors (Lipinski definition) is 0. The van der Waals surface area contributed by atoms with Crippen LogP contribution in [0.3, 0.4) is 0 Å². The minimum absolute atomic E-state index is 0.776. The Balaban J connectivity index is 0.000000159. The Bertz CT molecular complexity index is 805. The number of rotatable bonds is 5. The van der Waals surface area contributed by atoms with Crippen LogP contribution in [0, 0.1) is 0 Å². The van der Waals surface area contributed by atoms with Gasteiger partial charge in [-0.25, -0.2) is 0 Å². The molecule has 0 unspecified atom stereocenters. The van der Waals surface area contributed by atoms with E-state index >= 15 is 0 Å². The van der Waals surface area contributed by atoms with E-state index in [1.165, 1.54) is 11.1 Å². The van der Waals surface area contributed by atoms with Crippen molar-refractivity contribution in [3.05, 3.63) is 121 Å². The molecule has 0 saturated carbocycles. The van der Waals surface area contributed by atoms with Crippen molar-refractivity contribution in [2.24, 2.45) is 0 Å². The molecule has 0 amide bonds. The molecule has 4 rings (SSSR count).